The predicted octanol–water partition coefficient (Wildman–Crippen LogP) is 3.92. The Morgan fingerprint density at radius 1 is 1.06 bits per heavy atom. The second-order valence-electron chi connectivity index (χ2n) is 9.44. The smallest absolute Gasteiger partial charge is 0.261 e. The minimum absolute atomic E-state index is 0.0659. The molecule has 1 N–H and O–H groups in total. The summed E-state index contributed by atoms with van der Waals surface area (Å²) < 4.78 is 0. The minimum atomic E-state index is -0.267. The third-order valence-corrected chi connectivity index (χ3v) is 6.64. The molecular formula is C27H33N3O3. The van der Waals surface area contributed by atoms with Crippen molar-refractivity contribution < 1.29 is 14.4 Å². The van der Waals surface area contributed by atoms with Crippen LogP contribution in [0.3, 0.4) is 0 Å². The number of hydrogen-bond acceptors (Lipinski definition) is 4. The Morgan fingerprint density at radius 3 is 2.61 bits per heavy atom. The lowest BCUT2D eigenvalue weighted by Gasteiger charge is -2.31. The zero-order valence-electron chi connectivity index (χ0n) is 19.6. The van der Waals surface area contributed by atoms with E-state index in [0.717, 1.165) is 36.7 Å². The van der Waals surface area contributed by atoms with E-state index in [2.05, 4.69) is 35.3 Å². The summed E-state index contributed by atoms with van der Waals surface area (Å²) in [6.07, 6.45) is 3.27. The monoisotopic (exact) mass is 447 g/mol. The molecule has 4 rings (SSSR count). The normalized spacial score (nSPS) is 18.5. The molecule has 0 saturated carbocycles. The van der Waals surface area contributed by atoms with Gasteiger partial charge in [-0.3, -0.25) is 24.2 Å². The molecule has 1 atom stereocenters. The van der Waals surface area contributed by atoms with Crippen molar-refractivity contribution in [3.05, 3.63) is 70.3 Å². The second kappa shape index (κ2) is 10.3. The number of rotatable bonds is 8. The number of carbonyl (C=O) groups is 3. The topological polar surface area (TPSA) is 69.7 Å². The maximum Gasteiger partial charge on any atom is 0.261 e. The molecular weight excluding hydrogens is 414 g/mol. The highest BCUT2D eigenvalue weighted by atomic mass is 16.2. The van der Waals surface area contributed by atoms with Gasteiger partial charge in [0.25, 0.3) is 11.8 Å². The number of aryl methyl sites for hydroxylation is 1. The van der Waals surface area contributed by atoms with Gasteiger partial charge in [0.15, 0.2) is 0 Å². The van der Waals surface area contributed by atoms with Crippen LogP contribution in [0, 0.1) is 12.8 Å². The fourth-order valence-electron chi connectivity index (χ4n) is 4.84. The van der Waals surface area contributed by atoms with E-state index < -0.39 is 0 Å². The summed E-state index contributed by atoms with van der Waals surface area (Å²) >= 11 is 0. The summed E-state index contributed by atoms with van der Waals surface area (Å²) in [5.74, 6) is 0.136. The summed E-state index contributed by atoms with van der Waals surface area (Å²) in [5, 5.41) is 3.01. The molecule has 1 saturated heterocycles. The molecule has 0 aromatic heterocycles. The number of fused-ring (bicyclic) bond motifs is 1. The van der Waals surface area contributed by atoms with E-state index in [-0.39, 0.29) is 30.7 Å². The summed E-state index contributed by atoms with van der Waals surface area (Å²) in [5.41, 5.74) is 4.26. The van der Waals surface area contributed by atoms with Crippen LogP contribution in [0.25, 0.3) is 0 Å². The van der Waals surface area contributed by atoms with E-state index >= 15 is 0 Å². The molecule has 2 aliphatic heterocycles. The quantitative estimate of drug-likeness (QED) is 0.623. The van der Waals surface area contributed by atoms with Gasteiger partial charge in [0.2, 0.25) is 5.91 Å². The number of carbonyl (C=O) groups excluding carboxylic acids is 3. The fraction of sp³-hybridized carbons (Fsp3) is 0.444. The molecule has 2 aromatic carbocycles. The SMILES string of the molecule is Cc1ccc2c(c1)C(=O)N(CCCC(=O)NCc1ccccc1CN1CCCC(C)C1)C2=O. The Kier molecular flexibility index (Phi) is 7.23. The van der Waals surface area contributed by atoms with Crippen LogP contribution in [0.4, 0.5) is 0 Å². The molecule has 6 nitrogen and oxygen atoms in total. The molecule has 2 heterocycles. The van der Waals surface area contributed by atoms with Gasteiger partial charge in [-0.25, -0.2) is 0 Å². The Bertz CT molecular complexity index is 1050. The number of nitrogens with zero attached hydrogens (tertiary/aromatic N) is 2. The highest BCUT2D eigenvalue weighted by molar-refractivity contribution is 6.21. The van der Waals surface area contributed by atoms with Gasteiger partial charge in [0.05, 0.1) is 11.1 Å². The van der Waals surface area contributed by atoms with Crippen LogP contribution in [0.1, 0.15) is 70.0 Å². The first kappa shape index (κ1) is 23.2. The van der Waals surface area contributed by atoms with Gasteiger partial charge in [-0.1, -0.05) is 42.8 Å². The molecule has 33 heavy (non-hydrogen) atoms. The number of likely N-dealkylation sites (tertiary alicyclic amines) is 1. The number of amides is 3. The average Bonchev–Trinajstić information content (AvgIpc) is 3.02. The van der Waals surface area contributed by atoms with Crippen LogP contribution in [0.15, 0.2) is 42.5 Å². The minimum Gasteiger partial charge on any atom is -0.352 e. The van der Waals surface area contributed by atoms with E-state index in [9.17, 15) is 14.4 Å². The molecule has 2 aromatic rings. The third-order valence-electron chi connectivity index (χ3n) is 6.64. The van der Waals surface area contributed by atoms with Crippen LogP contribution >= 0.6 is 0 Å². The lowest BCUT2D eigenvalue weighted by molar-refractivity contribution is -0.121. The Hall–Kier alpha value is -2.99. The van der Waals surface area contributed by atoms with Crippen LogP contribution in [-0.4, -0.2) is 47.2 Å². The Balaban J connectivity index is 1.25. The Morgan fingerprint density at radius 2 is 1.82 bits per heavy atom. The first-order valence-corrected chi connectivity index (χ1v) is 11.9. The van der Waals surface area contributed by atoms with Gasteiger partial charge in [-0.2, -0.15) is 0 Å². The molecule has 0 aliphatic carbocycles. The highest BCUT2D eigenvalue weighted by Crippen LogP contribution is 2.24. The van der Waals surface area contributed by atoms with Crippen LogP contribution in [0.5, 0.6) is 0 Å². The van der Waals surface area contributed by atoms with E-state index in [1.807, 2.05) is 19.1 Å². The lowest BCUT2D eigenvalue weighted by atomic mass is 9.99. The van der Waals surface area contributed by atoms with Crippen molar-refractivity contribution in [2.45, 2.75) is 52.6 Å². The van der Waals surface area contributed by atoms with E-state index in [1.165, 1.54) is 23.3 Å². The van der Waals surface area contributed by atoms with Crippen molar-refractivity contribution in [2.24, 2.45) is 5.92 Å². The third kappa shape index (κ3) is 5.50. The molecule has 3 amide bonds. The van der Waals surface area contributed by atoms with Gasteiger partial charge >= 0.3 is 0 Å². The van der Waals surface area contributed by atoms with Crippen LogP contribution < -0.4 is 5.32 Å². The van der Waals surface area contributed by atoms with Gasteiger partial charge in [-0.05, 0) is 61.9 Å². The largest absolute Gasteiger partial charge is 0.352 e. The number of hydrogen-bond donors (Lipinski definition) is 1. The molecule has 6 heteroatoms. The van der Waals surface area contributed by atoms with E-state index in [4.69, 9.17) is 0 Å². The van der Waals surface area contributed by atoms with E-state index in [0.29, 0.717) is 24.1 Å². The lowest BCUT2D eigenvalue weighted by Crippen LogP contribution is -2.34. The first-order valence-electron chi connectivity index (χ1n) is 11.9. The number of nitrogens with one attached hydrogen (secondary N) is 1. The molecule has 0 bridgehead atoms. The molecule has 2 aliphatic rings. The van der Waals surface area contributed by atoms with Crippen LogP contribution in [0.2, 0.25) is 0 Å². The van der Waals surface area contributed by atoms with Crippen molar-refractivity contribution in [1.82, 2.24) is 15.1 Å². The zero-order chi connectivity index (χ0) is 23.4. The summed E-state index contributed by atoms with van der Waals surface area (Å²) in [6.45, 7) is 8.11. The summed E-state index contributed by atoms with van der Waals surface area (Å²) in [4.78, 5) is 41.3. The number of piperidine rings is 1. The van der Waals surface area contributed by atoms with Gasteiger partial charge < -0.3 is 5.32 Å². The van der Waals surface area contributed by atoms with Crippen molar-refractivity contribution in [2.75, 3.05) is 19.6 Å². The summed E-state index contributed by atoms with van der Waals surface area (Å²) in [7, 11) is 0. The molecule has 1 fully saturated rings. The van der Waals surface area contributed by atoms with Crippen molar-refractivity contribution in [3.8, 4) is 0 Å². The zero-order valence-corrected chi connectivity index (χ0v) is 19.6. The fourth-order valence-corrected chi connectivity index (χ4v) is 4.84. The Labute approximate surface area is 196 Å². The highest BCUT2D eigenvalue weighted by Gasteiger charge is 2.34. The molecule has 174 valence electrons. The van der Waals surface area contributed by atoms with E-state index in [1.54, 1.807) is 12.1 Å². The van der Waals surface area contributed by atoms with Crippen molar-refractivity contribution in [3.63, 3.8) is 0 Å². The maximum absolute atomic E-state index is 12.6. The van der Waals surface area contributed by atoms with Gasteiger partial charge in [0, 0.05) is 32.6 Å². The number of benzene rings is 2. The van der Waals surface area contributed by atoms with Gasteiger partial charge in [-0.15, -0.1) is 0 Å². The predicted molar refractivity (Wildman–Crippen MR) is 128 cm³/mol. The number of imide groups is 1. The molecule has 1 unspecified atom stereocenters. The summed E-state index contributed by atoms with van der Waals surface area (Å²) in [6, 6.07) is 13.6. The van der Waals surface area contributed by atoms with Gasteiger partial charge in [0.1, 0.15) is 0 Å². The second-order valence-corrected chi connectivity index (χ2v) is 9.44. The van der Waals surface area contributed by atoms with Crippen molar-refractivity contribution in [1.29, 1.82) is 0 Å². The molecule has 0 spiro atoms. The first-order chi connectivity index (χ1) is 15.9. The average molecular weight is 448 g/mol. The van der Waals surface area contributed by atoms with Crippen LogP contribution in [-0.2, 0) is 17.9 Å². The maximum atomic E-state index is 12.6. The van der Waals surface area contributed by atoms with Crippen molar-refractivity contribution >= 4 is 17.7 Å². The molecule has 0 radical (unpaired) electrons. The standard InChI is InChI=1S/C27H33N3O3/c1-19-11-12-23-24(15-19)27(33)30(26(23)32)14-6-10-25(31)28-16-21-8-3-4-9-22(21)18-29-13-5-7-20(2)17-29/h3-4,8-9,11-12,15,20H,5-7,10,13-14,16-18H2,1-2H3,(H,28,31).